The van der Waals surface area contributed by atoms with Crippen LogP contribution in [0.5, 0.6) is 0 Å². The topological polar surface area (TPSA) is 95.9 Å². The van der Waals surface area contributed by atoms with Gasteiger partial charge in [-0.3, -0.25) is 14.6 Å². The van der Waals surface area contributed by atoms with Gasteiger partial charge in [0.05, 0.1) is 0 Å². The first-order valence-corrected chi connectivity index (χ1v) is 5.80. The van der Waals surface area contributed by atoms with Crippen molar-refractivity contribution >= 4 is 18.4 Å². The number of carbonyl (C=O) groups is 1. The molecule has 0 aliphatic heterocycles. The molecule has 2 aromatic heterocycles. The first-order valence-electron chi connectivity index (χ1n) is 5.80. The summed E-state index contributed by atoms with van der Waals surface area (Å²) in [5, 5.41) is 8.65. The lowest BCUT2D eigenvalue weighted by Crippen LogP contribution is -2.18. The van der Waals surface area contributed by atoms with E-state index in [1.165, 1.54) is 0 Å². The van der Waals surface area contributed by atoms with Crippen molar-refractivity contribution in [1.82, 2.24) is 15.0 Å². The van der Waals surface area contributed by atoms with Gasteiger partial charge >= 0.3 is 5.97 Å². The van der Waals surface area contributed by atoms with Gasteiger partial charge in [0.15, 0.2) is 0 Å². The molecule has 2 aromatic rings. The van der Waals surface area contributed by atoms with Crippen LogP contribution in [-0.2, 0) is 11.2 Å². The molecule has 20 heavy (non-hydrogen) atoms. The molecule has 106 valence electrons. The van der Waals surface area contributed by atoms with Crippen molar-refractivity contribution in [2.75, 3.05) is 0 Å². The fraction of sp³-hybridized carbons (Fsp3) is 0.231. The molecule has 0 fully saturated rings. The highest BCUT2D eigenvalue weighted by Crippen LogP contribution is 2.13. The Morgan fingerprint density at radius 1 is 1.35 bits per heavy atom. The molecule has 2 N–H and O–H groups in total. The molecule has 0 spiro atoms. The normalized spacial score (nSPS) is 9.85. The summed E-state index contributed by atoms with van der Waals surface area (Å²) < 4.78 is 0. The van der Waals surface area contributed by atoms with Crippen LogP contribution in [0.25, 0.3) is 11.4 Å². The van der Waals surface area contributed by atoms with Gasteiger partial charge in [-0.05, 0) is 25.5 Å². The highest BCUT2D eigenvalue weighted by Gasteiger charge is 2.10. The molecule has 0 radical (unpaired) electrons. The Hall–Kier alpha value is -2.21. The van der Waals surface area contributed by atoms with Gasteiger partial charge in [-0.25, -0.2) is 4.98 Å². The van der Waals surface area contributed by atoms with E-state index in [0.717, 1.165) is 5.56 Å². The second kappa shape index (κ2) is 6.81. The Kier molecular flexibility index (Phi) is 5.40. The second-order valence-corrected chi connectivity index (χ2v) is 4.11. The minimum Gasteiger partial charge on any atom is -0.481 e. The number of rotatable bonds is 4. The second-order valence-electron chi connectivity index (χ2n) is 4.11. The number of nitrogens with zero attached hydrogens (tertiary/aromatic N) is 2. The van der Waals surface area contributed by atoms with Crippen LogP contribution in [0.15, 0.2) is 29.3 Å². The lowest BCUT2D eigenvalue weighted by Gasteiger charge is -2.06. The molecule has 0 aliphatic rings. The van der Waals surface area contributed by atoms with E-state index in [0.29, 0.717) is 17.1 Å². The third-order valence-corrected chi connectivity index (χ3v) is 2.76. The first-order chi connectivity index (χ1) is 9.08. The van der Waals surface area contributed by atoms with Crippen molar-refractivity contribution < 1.29 is 9.90 Å². The Balaban J connectivity index is 0.00000200. The van der Waals surface area contributed by atoms with Crippen LogP contribution in [0, 0.1) is 6.92 Å². The van der Waals surface area contributed by atoms with Gasteiger partial charge in [0.25, 0.3) is 5.56 Å². The fourth-order valence-electron chi connectivity index (χ4n) is 1.78. The van der Waals surface area contributed by atoms with Crippen LogP contribution < -0.4 is 5.56 Å². The average molecular weight is 296 g/mol. The first kappa shape index (κ1) is 15.8. The number of carboxylic acid groups (broad SMARTS) is 1. The van der Waals surface area contributed by atoms with Gasteiger partial charge in [0, 0.05) is 35.6 Å². The number of aliphatic carboxylic acids is 1. The number of aromatic nitrogens is 3. The SMILES string of the molecule is Cc1nc(-c2ccncc2)[nH]c(=O)c1CCC(=O)O.Cl. The Morgan fingerprint density at radius 3 is 2.55 bits per heavy atom. The zero-order valence-corrected chi connectivity index (χ0v) is 11.6. The summed E-state index contributed by atoms with van der Waals surface area (Å²) >= 11 is 0. The summed E-state index contributed by atoms with van der Waals surface area (Å²) in [7, 11) is 0. The number of pyridine rings is 1. The van der Waals surface area contributed by atoms with E-state index in [2.05, 4.69) is 15.0 Å². The van der Waals surface area contributed by atoms with E-state index in [1.54, 1.807) is 31.5 Å². The lowest BCUT2D eigenvalue weighted by atomic mass is 10.1. The van der Waals surface area contributed by atoms with Crippen LogP contribution in [0.4, 0.5) is 0 Å². The summed E-state index contributed by atoms with van der Waals surface area (Å²) in [5.74, 6) is -0.471. The predicted octanol–water partition coefficient (Wildman–Crippen LogP) is 1.58. The minimum atomic E-state index is -0.933. The predicted molar refractivity (Wildman–Crippen MR) is 76.0 cm³/mol. The molecule has 7 heteroatoms. The molecule has 6 nitrogen and oxygen atoms in total. The summed E-state index contributed by atoms with van der Waals surface area (Å²) in [5.41, 5.74) is 1.44. The molecule has 2 rings (SSSR count). The molecule has 0 aliphatic carbocycles. The molecule has 0 atom stereocenters. The molecule has 2 heterocycles. The van der Waals surface area contributed by atoms with E-state index >= 15 is 0 Å². The molecular weight excluding hydrogens is 282 g/mol. The molecule has 0 bridgehead atoms. The molecule has 0 saturated heterocycles. The number of aromatic amines is 1. The van der Waals surface area contributed by atoms with Crippen LogP contribution >= 0.6 is 12.4 Å². The van der Waals surface area contributed by atoms with Crippen LogP contribution in [0.3, 0.4) is 0 Å². The van der Waals surface area contributed by atoms with E-state index in [4.69, 9.17) is 5.11 Å². The Labute approximate surface area is 121 Å². The van der Waals surface area contributed by atoms with Gasteiger partial charge in [-0.2, -0.15) is 0 Å². The molecule has 0 amide bonds. The maximum absolute atomic E-state index is 11.9. The highest BCUT2D eigenvalue weighted by molar-refractivity contribution is 5.85. The van der Waals surface area contributed by atoms with E-state index in [1.807, 2.05) is 0 Å². The van der Waals surface area contributed by atoms with Gasteiger partial charge in [0.1, 0.15) is 5.82 Å². The Bertz CT molecular complexity index is 656. The van der Waals surface area contributed by atoms with Crippen LogP contribution in [0.1, 0.15) is 17.7 Å². The third kappa shape index (κ3) is 3.64. The number of H-pyrrole nitrogens is 1. The van der Waals surface area contributed by atoms with Crippen molar-refractivity contribution in [3.05, 3.63) is 46.1 Å². The molecule has 0 unspecified atom stereocenters. The van der Waals surface area contributed by atoms with Gasteiger partial charge in [0.2, 0.25) is 0 Å². The largest absolute Gasteiger partial charge is 0.481 e. The van der Waals surface area contributed by atoms with Crippen LogP contribution in [0.2, 0.25) is 0 Å². The minimum absolute atomic E-state index is 0. The monoisotopic (exact) mass is 295 g/mol. The summed E-state index contributed by atoms with van der Waals surface area (Å²) in [6.45, 7) is 1.71. The molecular formula is C13H14ClN3O3. The maximum Gasteiger partial charge on any atom is 0.303 e. The van der Waals surface area contributed by atoms with Crippen LogP contribution in [-0.4, -0.2) is 26.0 Å². The van der Waals surface area contributed by atoms with E-state index in [-0.39, 0.29) is 30.8 Å². The number of hydrogen-bond acceptors (Lipinski definition) is 4. The summed E-state index contributed by atoms with van der Waals surface area (Å²) in [6, 6.07) is 3.49. The van der Waals surface area contributed by atoms with Gasteiger partial charge in [-0.1, -0.05) is 0 Å². The number of nitrogens with one attached hydrogen (secondary N) is 1. The lowest BCUT2D eigenvalue weighted by molar-refractivity contribution is -0.136. The number of carboxylic acids is 1. The van der Waals surface area contributed by atoms with Crippen molar-refractivity contribution in [2.24, 2.45) is 0 Å². The number of hydrogen-bond donors (Lipinski definition) is 2. The van der Waals surface area contributed by atoms with Gasteiger partial charge < -0.3 is 10.1 Å². The number of aryl methyl sites for hydroxylation is 1. The Morgan fingerprint density at radius 2 is 2.00 bits per heavy atom. The quantitative estimate of drug-likeness (QED) is 0.892. The summed E-state index contributed by atoms with van der Waals surface area (Å²) in [4.78, 5) is 33.4. The van der Waals surface area contributed by atoms with Crippen molar-refractivity contribution in [2.45, 2.75) is 19.8 Å². The van der Waals surface area contributed by atoms with Crippen molar-refractivity contribution in [1.29, 1.82) is 0 Å². The van der Waals surface area contributed by atoms with Gasteiger partial charge in [-0.15, -0.1) is 12.4 Å². The molecule has 0 aromatic carbocycles. The number of halogens is 1. The average Bonchev–Trinajstić information content (AvgIpc) is 2.38. The van der Waals surface area contributed by atoms with Crippen molar-refractivity contribution in [3.8, 4) is 11.4 Å². The highest BCUT2D eigenvalue weighted by atomic mass is 35.5. The smallest absolute Gasteiger partial charge is 0.303 e. The zero-order chi connectivity index (χ0) is 13.8. The zero-order valence-electron chi connectivity index (χ0n) is 10.8. The van der Waals surface area contributed by atoms with Crippen molar-refractivity contribution in [3.63, 3.8) is 0 Å². The standard InChI is InChI=1S/C13H13N3O3.ClH/c1-8-10(2-3-11(17)18)13(19)16-12(15-8)9-4-6-14-7-5-9;/h4-7H,2-3H2,1H3,(H,17,18)(H,15,16,19);1H. The van der Waals surface area contributed by atoms with E-state index in [9.17, 15) is 9.59 Å². The maximum atomic E-state index is 11.9. The molecule has 0 saturated carbocycles. The van der Waals surface area contributed by atoms with E-state index < -0.39 is 5.97 Å². The third-order valence-electron chi connectivity index (χ3n) is 2.76. The summed E-state index contributed by atoms with van der Waals surface area (Å²) in [6.07, 6.45) is 3.33. The fourth-order valence-corrected chi connectivity index (χ4v) is 1.78.